The number of aliphatic hydroxyl groups excluding tert-OH is 1. The number of ether oxygens (including phenoxy) is 1. The minimum atomic E-state index is -0.153. The molecule has 1 aliphatic heterocycles. The van der Waals surface area contributed by atoms with Crippen LogP contribution in [0.5, 0.6) is 0 Å². The van der Waals surface area contributed by atoms with Crippen molar-refractivity contribution >= 4 is 0 Å². The van der Waals surface area contributed by atoms with Gasteiger partial charge in [-0.05, 0) is 31.4 Å². The third kappa shape index (κ3) is 3.13. The Labute approximate surface area is 109 Å². The van der Waals surface area contributed by atoms with Gasteiger partial charge in [0.1, 0.15) is 0 Å². The highest BCUT2D eigenvalue weighted by Crippen LogP contribution is 2.20. The van der Waals surface area contributed by atoms with Gasteiger partial charge < -0.3 is 19.7 Å². The molecule has 18 heavy (non-hydrogen) atoms. The maximum Gasteiger partial charge on any atom is 0.0615 e. The third-order valence-electron chi connectivity index (χ3n) is 3.79. The fourth-order valence-corrected chi connectivity index (χ4v) is 2.50. The topological polar surface area (TPSA) is 46.4 Å². The normalized spacial score (nSPS) is 19.0. The van der Waals surface area contributed by atoms with Gasteiger partial charge in [0.05, 0.1) is 6.61 Å². The second-order valence-electron chi connectivity index (χ2n) is 5.10. The van der Waals surface area contributed by atoms with Crippen LogP contribution in [0.1, 0.15) is 31.9 Å². The molecule has 2 rings (SSSR count). The fraction of sp³-hybridized carbons (Fsp3) is 0.714. The summed E-state index contributed by atoms with van der Waals surface area (Å²) in [6.45, 7) is 5.72. The van der Waals surface area contributed by atoms with E-state index in [0.29, 0.717) is 0 Å². The van der Waals surface area contributed by atoms with Crippen molar-refractivity contribution in [3.05, 3.63) is 24.0 Å². The molecule has 0 amide bonds. The van der Waals surface area contributed by atoms with Gasteiger partial charge >= 0.3 is 0 Å². The summed E-state index contributed by atoms with van der Waals surface area (Å²) in [5, 5.41) is 13.2. The largest absolute Gasteiger partial charge is 0.394 e. The molecule has 102 valence electrons. The quantitative estimate of drug-likeness (QED) is 0.807. The zero-order valence-electron chi connectivity index (χ0n) is 11.2. The molecule has 4 heteroatoms. The van der Waals surface area contributed by atoms with Gasteiger partial charge in [-0.1, -0.05) is 6.92 Å². The van der Waals surface area contributed by atoms with E-state index >= 15 is 0 Å². The molecular weight excluding hydrogens is 228 g/mol. The molecule has 0 aliphatic carbocycles. The zero-order valence-corrected chi connectivity index (χ0v) is 11.2. The lowest BCUT2D eigenvalue weighted by atomic mass is 9.91. The molecule has 0 bridgehead atoms. The first-order chi connectivity index (χ1) is 8.79. The minimum Gasteiger partial charge on any atom is -0.394 e. The van der Waals surface area contributed by atoms with Crippen LogP contribution in [-0.2, 0) is 17.8 Å². The molecule has 1 aromatic rings. The van der Waals surface area contributed by atoms with Crippen molar-refractivity contribution in [1.82, 2.24) is 9.88 Å². The minimum absolute atomic E-state index is 0.153. The van der Waals surface area contributed by atoms with Crippen LogP contribution in [0.3, 0.4) is 0 Å². The third-order valence-corrected chi connectivity index (χ3v) is 3.79. The first-order valence-corrected chi connectivity index (χ1v) is 6.87. The van der Waals surface area contributed by atoms with E-state index in [0.717, 1.165) is 45.6 Å². The van der Waals surface area contributed by atoms with Crippen LogP contribution in [0.2, 0.25) is 0 Å². The first-order valence-electron chi connectivity index (χ1n) is 6.87. The Bertz CT molecular complexity index is 356. The summed E-state index contributed by atoms with van der Waals surface area (Å²) in [6, 6.07) is 4.23. The van der Waals surface area contributed by atoms with E-state index < -0.39 is 0 Å². The molecule has 0 saturated carbocycles. The summed E-state index contributed by atoms with van der Waals surface area (Å²) in [6.07, 6.45) is 5.03. The molecule has 0 aromatic carbocycles. The zero-order chi connectivity index (χ0) is 12.8. The Morgan fingerprint density at radius 3 is 2.89 bits per heavy atom. The number of nitrogens with zero attached hydrogens (tertiary/aromatic N) is 1. The maximum absolute atomic E-state index is 9.62. The molecule has 0 spiro atoms. The van der Waals surface area contributed by atoms with Crippen LogP contribution in [-0.4, -0.2) is 35.0 Å². The van der Waals surface area contributed by atoms with Crippen LogP contribution in [0.25, 0.3) is 0 Å². The van der Waals surface area contributed by atoms with Crippen molar-refractivity contribution in [3.8, 4) is 0 Å². The van der Waals surface area contributed by atoms with Crippen molar-refractivity contribution in [3.63, 3.8) is 0 Å². The average Bonchev–Trinajstić information content (AvgIpc) is 2.86. The number of rotatable bonds is 6. The van der Waals surface area contributed by atoms with Crippen LogP contribution >= 0.6 is 0 Å². The summed E-state index contributed by atoms with van der Waals surface area (Å²) < 4.78 is 7.64. The first kappa shape index (κ1) is 13.6. The fourth-order valence-electron chi connectivity index (χ4n) is 2.50. The Morgan fingerprint density at radius 1 is 1.44 bits per heavy atom. The standard InChI is InChI=1S/C14H24N2O2/c1-2-7-16-8-3-4-13(16)11-15-14(12-17)5-9-18-10-6-14/h3-4,8,15,17H,2,5-7,9-12H2,1H3. The van der Waals surface area contributed by atoms with Gasteiger partial charge in [0.2, 0.25) is 0 Å². The monoisotopic (exact) mass is 252 g/mol. The van der Waals surface area contributed by atoms with Crippen molar-refractivity contribution in [2.24, 2.45) is 0 Å². The molecule has 1 aromatic heterocycles. The van der Waals surface area contributed by atoms with Gasteiger partial charge in [-0.15, -0.1) is 0 Å². The summed E-state index contributed by atoms with van der Waals surface area (Å²) in [5.41, 5.74) is 1.13. The van der Waals surface area contributed by atoms with Crippen molar-refractivity contribution in [1.29, 1.82) is 0 Å². The average molecular weight is 252 g/mol. The van der Waals surface area contributed by atoms with Crippen LogP contribution < -0.4 is 5.32 Å². The van der Waals surface area contributed by atoms with Crippen LogP contribution in [0.4, 0.5) is 0 Å². The number of aliphatic hydroxyl groups is 1. The van der Waals surface area contributed by atoms with Crippen molar-refractivity contribution in [2.45, 2.75) is 44.8 Å². The molecular formula is C14H24N2O2. The predicted molar refractivity (Wildman–Crippen MR) is 71.4 cm³/mol. The predicted octanol–water partition coefficient (Wildman–Crippen LogP) is 1.53. The Hall–Kier alpha value is -0.840. The molecule has 1 aliphatic rings. The lowest BCUT2D eigenvalue weighted by Crippen LogP contribution is -2.52. The molecule has 1 saturated heterocycles. The highest BCUT2D eigenvalue weighted by atomic mass is 16.5. The smallest absolute Gasteiger partial charge is 0.0615 e. The molecule has 4 nitrogen and oxygen atoms in total. The van der Waals surface area contributed by atoms with E-state index in [4.69, 9.17) is 4.74 Å². The molecule has 0 unspecified atom stereocenters. The highest BCUT2D eigenvalue weighted by Gasteiger charge is 2.31. The molecule has 2 heterocycles. The summed E-state index contributed by atoms with van der Waals surface area (Å²) in [4.78, 5) is 0. The van der Waals surface area contributed by atoms with E-state index in [1.165, 1.54) is 5.69 Å². The Morgan fingerprint density at radius 2 is 2.22 bits per heavy atom. The van der Waals surface area contributed by atoms with E-state index in [1.807, 2.05) is 0 Å². The second-order valence-corrected chi connectivity index (χ2v) is 5.10. The highest BCUT2D eigenvalue weighted by molar-refractivity contribution is 5.08. The number of hydrogen-bond donors (Lipinski definition) is 2. The number of aromatic nitrogens is 1. The van der Waals surface area contributed by atoms with Crippen LogP contribution in [0, 0.1) is 0 Å². The van der Waals surface area contributed by atoms with Crippen LogP contribution in [0.15, 0.2) is 18.3 Å². The molecule has 1 fully saturated rings. The van der Waals surface area contributed by atoms with Gasteiger partial charge in [-0.2, -0.15) is 0 Å². The van der Waals surface area contributed by atoms with E-state index in [-0.39, 0.29) is 12.1 Å². The molecule has 2 N–H and O–H groups in total. The number of hydrogen-bond acceptors (Lipinski definition) is 3. The maximum atomic E-state index is 9.62. The van der Waals surface area contributed by atoms with E-state index in [1.54, 1.807) is 0 Å². The van der Waals surface area contributed by atoms with E-state index in [9.17, 15) is 5.11 Å². The van der Waals surface area contributed by atoms with Crippen molar-refractivity contribution < 1.29 is 9.84 Å². The molecule has 0 atom stereocenters. The van der Waals surface area contributed by atoms with Crippen molar-refractivity contribution in [2.75, 3.05) is 19.8 Å². The summed E-state index contributed by atoms with van der Waals surface area (Å²) in [7, 11) is 0. The lowest BCUT2D eigenvalue weighted by molar-refractivity contribution is 0.0109. The summed E-state index contributed by atoms with van der Waals surface area (Å²) >= 11 is 0. The second kappa shape index (κ2) is 6.36. The molecule has 0 radical (unpaired) electrons. The Balaban J connectivity index is 1.94. The van der Waals surface area contributed by atoms with Gasteiger partial charge in [0.25, 0.3) is 0 Å². The lowest BCUT2D eigenvalue weighted by Gasteiger charge is -2.36. The summed E-state index contributed by atoms with van der Waals surface area (Å²) in [5.74, 6) is 0. The van der Waals surface area contributed by atoms with Gasteiger partial charge in [0, 0.05) is 43.7 Å². The SMILES string of the molecule is CCCn1cccc1CNC1(CO)CCOCC1. The van der Waals surface area contributed by atoms with Gasteiger partial charge in [-0.3, -0.25) is 0 Å². The Kier molecular flexibility index (Phi) is 4.80. The van der Waals surface area contributed by atoms with Gasteiger partial charge in [0.15, 0.2) is 0 Å². The van der Waals surface area contributed by atoms with Gasteiger partial charge in [-0.25, -0.2) is 0 Å². The number of nitrogens with one attached hydrogen (secondary N) is 1. The number of aryl methyl sites for hydroxylation is 1. The van der Waals surface area contributed by atoms with E-state index in [2.05, 4.69) is 35.1 Å².